The van der Waals surface area contributed by atoms with Gasteiger partial charge in [-0.2, -0.15) is 0 Å². The highest BCUT2D eigenvalue weighted by molar-refractivity contribution is 6.30. The Hall–Kier alpha value is -2.78. The molecule has 0 saturated carbocycles. The lowest BCUT2D eigenvalue weighted by Crippen LogP contribution is -1.97. The van der Waals surface area contributed by atoms with Crippen LogP contribution < -0.4 is 0 Å². The van der Waals surface area contributed by atoms with Gasteiger partial charge in [-0.25, -0.2) is 4.98 Å². The van der Waals surface area contributed by atoms with Crippen molar-refractivity contribution in [3.63, 3.8) is 0 Å². The van der Waals surface area contributed by atoms with Gasteiger partial charge in [0.2, 0.25) is 0 Å². The smallest absolute Gasteiger partial charge is 0.149 e. The minimum absolute atomic E-state index is 0.206. The third kappa shape index (κ3) is 2.35. The molecular weight excluding hydrogens is 308 g/mol. The standard InChI is InChI=1S/C19H13ClN2O/c20-13-9-11-14(12-10-13)22-17-7-3-2-6-16(17)21-19(22)15-5-1-4-8-18(15)23/h1-12,23H. The van der Waals surface area contributed by atoms with Crippen LogP contribution >= 0.6 is 11.6 Å². The molecule has 0 spiro atoms. The first-order valence-electron chi connectivity index (χ1n) is 7.26. The lowest BCUT2D eigenvalue weighted by molar-refractivity contribution is 0.477. The van der Waals surface area contributed by atoms with Crippen LogP contribution in [0.5, 0.6) is 5.75 Å². The molecule has 1 aromatic heterocycles. The van der Waals surface area contributed by atoms with Crippen LogP contribution in [-0.2, 0) is 0 Å². The Morgan fingerprint density at radius 3 is 2.30 bits per heavy atom. The van der Waals surface area contributed by atoms with Crippen molar-refractivity contribution in [1.29, 1.82) is 0 Å². The second kappa shape index (κ2) is 5.45. The van der Waals surface area contributed by atoms with Gasteiger partial charge < -0.3 is 5.11 Å². The summed E-state index contributed by atoms with van der Waals surface area (Å²) in [4.78, 5) is 4.71. The van der Waals surface area contributed by atoms with Crippen molar-refractivity contribution < 1.29 is 5.11 Å². The molecule has 4 aromatic rings. The number of imidazole rings is 1. The molecule has 0 atom stereocenters. The summed E-state index contributed by atoms with van der Waals surface area (Å²) in [5.41, 5.74) is 3.49. The molecule has 112 valence electrons. The van der Waals surface area contributed by atoms with Crippen LogP contribution in [-0.4, -0.2) is 14.7 Å². The predicted octanol–water partition coefficient (Wildman–Crippen LogP) is 5.05. The average Bonchev–Trinajstić information content (AvgIpc) is 2.95. The van der Waals surface area contributed by atoms with Crippen molar-refractivity contribution in [1.82, 2.24) is 9.55 Å². The molecule has 0 saturated heterocycles. The van der Waals surface area contributed by atoms with Crippen LogP contribution in [0.2, 0.25) is 5.02 Å². The zero-order valence-electron chi connectivity index (χ0n) is 12.1. The Morgan fingerprint density at radius 2 is 1.52 bits per heavy atom. The molecule has 0 fully saturated rings. The Bertz CT molecular complexity index is 990. The first-order valence-corrected chi connectivity index (χ1v) is 7.63. The minimum Gasteiger partial charge on any atom is -0.507 e. The number of phenolic OH excluding ortho intramolecular Hbond substituents is 1. The van der Waals surface area contributed by atoms with E-state index in [2.05, 4.69) is 0 Å². The average molecular weight is 321 g/mol. The van der Waals surface area contributed by atoms with Crippen molar-refractivity contribution in [2.24, 2.45) is 0 Å². The quantitative estimate of drug-likeness (QED) is 0.561. The number of halogens is 1. The van der Waals surface area contributed by atoms with Gasteiger partial charge >= 0.3 is 0 Å². The molecule has 0 aliphatic rings. The summed E-state index contributed by atoms with van der Waals surface area (Å²) >= 11 is 6.01. The molecule has 1 N–H and O–H groups in total. The maximum atomic E-state index is 10.2. The zero-order chi connectivity index (χ0) is 15.8. The van der Waals surface area contributed by atoms with Crippen molar-refractivity contribution in [3.8, 4) is 22.8 Å². The van der Waals surface area contributed by atoms with Gasteiger partial charge in [0, 0.05) is 10.7 Å². The summed E-state index contributed by atoms with van der Waals surface area (Å²) in [5.74, 6) is 0.907. The van der Waals surface area contributed by atoms with Crippen LogP contribution in [0.15, 0.2) is 72.8 Å². The fourth-order valence-electron chi connectivity index (χ4n) is 2.72. The summed E-state index contributed by atoms with van der Waals surface area (Å²) in [6, 6.07) is 22.7. The van der Waals surface area contributed by atoms with Crippen molar-refractivity contribution in [3.05, 3.63) is 77.8 Å². The molecule has 0 aliphatic heterocycles. The fourth-order valence-corrected chi connectivity index (χ4v) is 2.85. The Kier molecular flexibility index (Phi) is 3.28. The fraction of sp³-hybridized carbons (Fsp3) is 0. The monoisotopic (exact) mass is 320 g/mol. The van der Waals surface area contributed by atoms with E-state index >= 15 is 0 Å². The van der Waals surface area contributed by atoms with E-state index in [4.69, 9.17) is 16.6 Å². The highest BCUT2D eigenvalue weighted by Gasteiger charge is 2.16. The van der Waals surface area contributed by atoms with Crippen LogP contribution in [0.3, 0.4) is 0 Å². The van der Waals surface area contributed by atoms with E-state index in [1.807, 2.05) is 65.2 Å². The SMILES string of the molecule is Oc1ccccc1-c1nc2ccccc2n1-c1ccc(Cl)cc1. The molecular formula is C19H13ClN2O. The highest BCUT2D eigenvalue weighted by atomic mass is 35.5. The number of hydrogen-bond donors (Lipinski definition) is 1. The minimum atomic E-state index is 0.206. The van der Waals surface area contributed by atoms with Crippen LogP contribution in [0.1, 0.15) is 0 Å². The molecule has 0 amide bonds. The topological polar surface area (TPSA) is 38.1 Å². The van der Waals surface area contributed by atoms with Crippen molar-refractivity contribution >= 4 is 22.6 Å². The van der Waals surface area contributed by atoms with Gasteiger partial charge in [0.25, 0.3) is 0 Å². The summed E-state index contributed by atoms with van der Waals surface area (Å²) in [6.07, 6.45) is 0. The maximum Gasteiger partial charge on any atom is 0.149 e. The Morgan fingerprint density at radius 1 is 0.826 bits per heavy atom. The molecule has 0 unspecified atom stereocenters. The number of nitrogens with zero attached hydrogens (tertiary/aromatic N) is 2. The van der Waals surface area contributed by atoms with E-state index < -0.39 is 0 Å². The third-order valence-electron chi connectivity index (χ3n) is 3.79. The molecule has 0 aliphatic carbocycles. The third-order valence-corrected chi connectivity index (χ3v) is 4.04. The summed E-state index contributed by atoms with van der Waals surface area (Å²) < 4.78 is 2.03. The van der Waals surface area contributed by atoms with E-state index in [-0.39, 0.29) is 5.75 Å². The van der Waals surface area contributed by atoms with Gasteiger partial charge in [-0.1, -0.05) is 35.9 Å². The number of aromatic hydroxyl groups is 1. The van der Waals surface area contributed by atoms with E-state index in [1.165, 1.54) is 0 Å². The molecule has 1 heterocycles. The number of fused-ring (bicyclic) bond motifs is 1. The number of hydrogen-bond acceptors (Lipinski definition) is 2. The summed E-state index contributed by atoms with van der Waals surface area (Å²) in [7, 11) is 0. The normalized spacial score (nSPS) is 11.0. The van der Waals surface area contributed by atoms with E-state index in [1.54, 1.807) is 12.1 Å². The Labute approximate surface area is 138 Å². The lowest BCUT2D eigenvalue weighted by atomic mass is 10.2. The van der Waals surface area contributed by atoms with Crippen LogP contribution in [0, 0.1) is 0 Å². The van der Waals surface area contributed by atoms with Crippen molar-refractivity contribution in [2.45, 2.75) is 0 Å². The second-order valence-corrected chi connectivity index (χ2v) is 5.69. The van der Waals surface area contributed by atoms with Gasteiger partial charge in [-0.05, 0) is 48.5 Å². The van der Waals surface area contributed by atoms with Gasteiger partial charge in [-0.15, -0.1) is 0 Å². The van der Waals surface area contributed by atoms with Gasteiger partial charge in [-0.3, -0.25) is 4.57 Å². The highest BCUT2D eigenvalue weighted by Crippen LogP contribution is 2.33. The molecule has 4 rings (SSSR count). The van der Waals surface area contributed by atoms with Crippen molar-refractivity contribution in [2.75, 3.05) is 0 Å². The molecule has 3 aromatic carbocycles. The number of phenols is 1. The molecule has 4 heteroatoms. The van der Waals surface area contributed by atoms with E-state index in [0.717, 1.165) is 16.7 Å². The molecule has 0 radical (unpaired) electrons. The molecule has 23 heavy (non-hydrogen) atoms. The van der Waals surface area contributed by atoms with Crippen LogP contribution in [0.4, 0.5) is 0 Å². The molecule has 3 nitrogen and oxygen atoms in total. The first kappa shape index (κ1) is 13.9. The predicted molar refractivity (Wildman–Crippen MR) is 93.2 cm³/mol. The Balaban J connectivity index is 2.06. The second-order valence-electron chi connectivity index (χ2n) is 5.25. The number of para-hydroxylation sites is 3. The summed E-state index contributed by atoms with van der Waals surface area (Å²) in [5, 5.41) is 10.9. The number of rotatable bonds is 2. The maximum absolute atomic E-state index is 10.2. The van der Waals surface area contributed by atoms with Crippen LogP contribution in [0.25, 0.3) is 28.1 Å². The lowest BCUT2D eigenvalue weighted by Gasteiger charge is -2.10. The van der Waals surface area contributed by atoms with Gasteiger partial charge in [0.15, 0.2) is 0 Å². The number of aromatic nitrogens is 2. The van der Waals surface area contributed by atoms with E-state index in [9.17, 15) is 5.11 Å². The van der Waals surface area contributed by atoms with Gasteiger partial charge in [0.05, 0.1) is 16.6 Å². The molecule has 0 bridgehead atoms. The number of benzene rings is 3. The van der Waals surface area contributed by atoms with Gasteiger partial charge in [0.1, 0.15) is 11.6 Å². The largest absolute Gasteiger partial charge is 0.507 e. The first-order chi connectivity index (χ1) is 11.2. The summed E-state index contributed by atoms with van der Waals surface area (Å²) in [6.45, 7) is 0. The zero-order valence-corrected chi connectivity index (χ0v) is 12.9. The van der Waals surface area contributed by atoms with E-state index in [0.29, 0.717) is 16.4 Å².